The second kappa shape index (κ2) is 10.4. The maximum Gasteiger partial charge on any atom is 0.176 e. The number of morpholine rings is 1. The zero-order valence-electron chi connectivity index (χ0n) is 15.8. The van der Waals surface area contributed by atoms with E-state index in [-0.39, 0.29) is 18.4 Å². The van der Waals surface area contributed by atoms with Crippen LogP contribution in [0, 0.1) is 0 Å². The van der Waals surface area contributed by atoms with Crippen LogP contribution >= 0.6 is 27.5 Å². The number of halogens is 2. The van der Waals surface area contributed by atoms with Crippen LogP contribution in [0.4, 0.5) is 0 Å². The monoisotopic (exact) mass is 466 g/mol. The third-order valence-corrected chi connectivity index (χ3v) is 5.81. The van der Waals surface area contributed by atoms with Gasteiger partial charge in [0.1, 0.15) is 5.75 Å². The lowest BCUT2D eigenvalue weighted by Gasteiger charge is -2.35. The number of hydrogen-bond donors (Lipinski definition) is 1. The fraction of sp³-hybridized carbons (Fsp3) is 0.381. The zero-order valence-corrected chi connectivity index (χ0v) is 18.1. The van der Waals surface area contributed by atoms with E-state index in [9.17, 15) is 4.79 Å². The molecule has 0 saturated carbocycles. The summed E-state index contributed by atoms with van der Waals surface area (Å²) in [5, 5.41) is 4.06. The standard InChI is InChI=1S/C21H24BrClN2O3/c1-27-21-7-6-15(12-17(21)22)20(26)14-24-13-19(25-8-10-28-11-9-25)16-4-2-3-5-18(16)23/h2-7,12,19,24H,8-11,13-14H2,1H3. The molecule has 28 heavy (non-hydrogen) atoms. The Morgan fingerprint density at radius 3 is 2.71 bits per heavy atom. The van der Waals surface area contributed by atoms with Gasteiger partial charge in [0.15, 0.2) is 5.78 Å². The molecule has 1 atom stereocenters. The van der Waals surface area contributed by atoms with Crippen molar-refractivity contribution in [1.82, 2.24) is 10.2 Å². The average molecular weight is 468 g/mol. The molecule has 5 nitrogen and oxygen atoms in total. The van der Waals surface area contributed by atoms with Crippen LogP contribution in [-0.2, 0) is 4.74 Å². The van der Waals surface area contributed by atoms with Gasteiger partial charge in [0.25, 0.3) is 0 Å². The molecule has 2 aromatic rings. The van der Waals surface area contributed by atoms with Crippen molar-refractivity contribution in [2.24, 2.45) is 0 Å². The van der Waals surface area contributed by atoms with E-state index >= 15 is 0 Å². The minimum Gasteiger partial charge on any atom is -0.496 e. The van der Waals surface area contributed by atoms with Gasteiger partial charge in [-0.2, -0.15) is 0 Å². The number of Topliss-reactive ketones (excluding diaryl/α,β-unsaturated/α-hetero) is 1. The van der Waals surface area contributed by atoms with Crippen LogP contribution < -0.4 is 10.1 Å². The minimum atomic E-state index is 0.0308. The molecule has 0 bridgehead atoms. The van der Waals surface area contributed by atoms with E-state index in [4.69, 9.17) is 21.1 Å². The molecular weight excluding hydrogens is 444 g/mol. The molecule has 1 fully saturated rings. The number of carbonyl (C=O) groups excluding carboxylic acids is 1. The Kier molecular flexibility index (Phi) is 7.88. The summed E-state index contributed by atoms with van der Waals surface area (Å²) in [4.78, 5) is 14.9. The first-order chi connectivity index (χ1) is 13.6. The van der Waals surface area contributed by atoms with Gasteiger partial charge >= 0.3 is 0 Å². The number of carbonyl (C=O) groups is 1. The zero-order chi connectivity index (χ0) is 19.9. The van der Waals surface area contributed by atoms with Crippen LogP contribution in [-0.4, -0.2) is 57.2 Å². The Balaban J connectivity index is 1.65. The highest BCUT2D eigenvalue weighted by molar-refractivity contribution is 9.10. The molecule has 1 aliphatic rings. The van der Waals surface area contributed by atoms with Crippen LogP contribution in [0.25, 0.3) is 0 Å². The van der Waals surface area contributed by atoms with Gasteiger partial charge in [-0.05, 0) is 45.8 Å². The predicted octanol–water partition coefficient (Wildman–Crippen LogP) is 3.96. The largest absolute Gasteiger partial charge is 0.496 e. The third-order valence-electron chi connectivity index (χ3n) is 4.85. The summed E-state index contributed by atoms with van der Waals surface area (Å²) in [5.41, 5.74) is 1.71. The highest BCUT2D eigenvalue weighted by atomic mass is 79.9. The molecule has 150 valence electrons. The maximum atomic E-state index is 12.6. The van der Waals surface area contributed by atoms with E-state index in [0.717, 1.165) is 28.1 Å². The van der Waals surface area contributed by atoms with Crippen LogP contribution in [0.3, 0.4) is 0 Å². The quantitative estimate of drug-likeness (QED) is 0.596. The van der Waals surface area contributed by atoms with Crippen LogP contribution in [0.1, 0.15) is 22.0 Å². The van der Waals surface area contributed by atoms with Crippen molar-refractivity contribution < 1.29 is 14.3 Å². The molecule has 0 amide bonds. The van der Waals surface area contributed by atoms with E-state index < -0.39 is 0 Å². The fourth-order valence-electron chi connectivity index (χ4n) is 3.33. The lowest BCUT2D eigenvalue weighted by molar-refractivity contribution is 0.0162. The van der Waals surface area contributed by atoms with Crippen molar-refractivity contribution in [1.29, 1.82) is 0 Å². The van der Waals surface area contributed by atoms with Gasteiger partial charge in [0.05, 0.1) is 31.3 Å². The lowest BCUT2D eigenvalue weighted by atomic mass is 10.0. The summed E-state index contributed by atoms with van der Waals surface area (Å²) in [6.07, 6.45) is 0. The van der Waals surface area contributed by atoms with E-state index in [1.807, 2.05) is 24.3 Å². The number of rotatable bonds is 8. The molecule has 2 aromatic carbocycles. The molecule has 1 heterocycles. The molecular formula is C21H24BrClN2O3. The Bertz CT molecular complexity index is 812. The van der Waals surface area contributed by atoms with Crippen LogP contribution in [0.5, 0.6) is 5.75 Å². The number of hydrogen-bond acceptors (Lipinski definition) is 5. The van der Waals surface area contributed by atoms with Crippen LogP contribution in [0.15, 0.2) is 46.9 Å². The number of nitrogens with zero attached hydrogens (tertiary/aromatic N) is 1. The molecule has 7 heteroatoms. The Labute approximate surface area is 179 Å². The predicted molar refractivity (Wildman–Crippen MR) is 114 cm³/mol. The summed E-state index contributed by atoms with van der Waals surface area (Å²) >= 11 is 9.88. The summed E-state index contributed by atoms with van der Waals surface area (Å²) in [6.45, 7) is 3.99. The van der Waals surface area contributed by atoms with E-state index in [2.05, 4.69) is 26.1 Å². The average Bonchev–Trinajstić information content (AvgIpc) is 2.72. The normalized spacial score (nSPS) is 16.0. The molecule has 3 rings (SSSR count). The summed E-state index contributed by atoms with van der Waals surface area (Å²) < 4.78 is 11.5. The van der Waals surface area contributed by atoms with Crippen molar-refractivity contribution in [2.45, 2.75) is 6.04 Å². The van der Waals surface area contributed by atoms with Gasteiger partial charge in [0.2, 0.25) is 0 Å². The van der Waals surface area contributed by atoms with Gasteiger partial charge in [-0.1, -0.05) is 29.8 Å². The first-order valence-electron chi connectivity index (χ1n) is 9.24. The Morgan fingerprint density at radius 1 is 1.29 bits per heavy atom. The van der Waals surface area contributed by atoms with E-state index in [1.54, 1.807) is 25.3 Å². The summed E-state index contributed by atoms with van der Waals surface area (Å²) in [6, 6.07) is 13.3. The fourth-order valence-corrected chi connectivity index (χ4v) is 4.14. The summed E-state index contributed by atoms with van der Waals surface area (Å²) in [7, 11) is 1.60. The molecule has 0 radical (unpaired) electrons. The first kappa shape index (κ1) is 21.3. The van der Waals surface area contributed by atoms with Gasteiger partial charge < -0.3 is 14.8 Å². The van der Waals surface area contributed by atoms with Gasteiger partial charge in [-0.15, -0.1) is 0 Å². The minimum absolute atomic E-state index is 0.0308. The first-order valence-corrected chi connectivity index (χ1v) is 10.4. The number of nitrogens with one attached hydrogen (secondary N) is 1. The van der Waals surface area contributed by atoms with Crippen molar-refractivity contribution in [3.05, 3.63) is 63.1 Å². The second-order valence-electron chi connectivity index (χ2n) is 6.59. The number of ketones is 1. The van der Waals surface area contributed by atoms with E-state index in [1.165, 1.54) is 0 Å². The topological polar surface area (TPSA) is 50.8 Å². The molecule has 1 aliphatic heterocycles. The van der Waals surface area contributed by atoms with Gasteiger partial charge in [0, 0.05) is 36.3 Å². The molecule has 0 aliphatic carbocycles. The molecule has 0 spiro atoms. The van der Waals surface area contributed by atoms with Gasteiger partial charge in [-0.25, -0.2) is 0 Å². The van der Waals surface area contributed by atoms with Crippen molar-refractivity contribution in [3.63, 3.8) is 0 Å². The van der Waals surface area contributed by atoms with Crippen molar-refractivity contribution >= 4 is 33.3 Å². The van der Waals surface area contributed by atoms with Crippen molar-refractivity contribution in [3.8, 4) is 5.75 Å². The second-order valence-corrected chi connectivity index (χ2v) is 7.85. The number of benzene rings is 2. The van der Waals surface area contributed by atoms with E-state index in [0.29, 0.717) is 31.1 Å². The van der Waals surface area contributed by atoms with Gasteiger partial charge in [-0.3, -0.25) is 9.69 Å². The lowest BCUT2D eigenvalue weighted by Crippen LogP contribution is -2.43. The highest BCUT2D eigenvalue weighted by Gasteiger charge is 2.24. The molecule has 0 aromatic heterocycles. The van der Waals surface area contributed by atoms with Crippen molar-refractivity contribution in [2.75, 3.05) is 46.5 Å². The Hall–Kier alpha value is -1.44. The molecule has 1 N–H and O–H groups in total. The van der Waals surface area contributed by atoms with Crippen LogP contribution in [0.2, 0.25) is 5.02 Å². The smallest absolute Gasteiger partial charge is 0.176 e. The molecule has 1 unspecified atom stereocenters. The molecule has 1 saturated heterocycles. The third kappa shape index (κ3) is 5.33. The number of ether oxygens (including phenoxy) is 2. The maximum absolute atomic E-state index is 12.6. The summed E-state index contributed by atoms with van der Waals surface area (Å²) in [5.74, 6) is 0.735. The highest BCUT2D eigenvalue weighted by Crippen LogP contribution is 2.28. The number of methoxy groups -OCH3 is 1. The SMILES string of the molecule is COc1ccc(C(=O)CNCC(c2ccccc2Cl)N2CCOCC2)cc1Br. The Morgan fingerprint density at radius 2 is 2.04 bits per heavy atom.